The first-order chi connectivity index (χ1) is 13.4. The Morgan fingerprint density at radius 2 is 2.25 bits per heavy atom. The first-order valence-corrected chi connectivity index (χ1v) is 10.2. The second-order valence-electron chi connectivity index (χ2n) is 7.66. The minimum atomic E-state index is -0.511. The number of fused-ring (bicyclic) bond motifs is 1. The highest BCUT2D eigenvalue weighted by atomic mass is 35.5. The fraction of sp³-hybridized carbons (Fsp3) is 0.600. The second kappa shape index (κ2) is 9.11. The Balaban J connectivity index is 1.53. The standard InChI is InChI=1S/C20H28ClN3O4/c1-12(25)3-2-6-24-7-4-13(17(26)11-24)10-23-20(27)15-9-16(21)18(22)14-5-8-28-19(14)15/h9,13,17,26H,2-8,10-11,22H2,1H3,(H,23,27)/t13-,17+/m0/s1. The fourth-order valence-corrected chi connectivity index (χ4v) is 4.12. The Morgan fingerprint density at radius 1 is 1.46 bits per heavy atom. The van der Waals surface area contributed by atoms with E-state index in [2.05, 4.69) is 10.2 Å². The first kappa shape index (κ1) is 20.9. The van der Waals surface area contributed by atoms with E-state index in [1.807, 2.05) is 0 Å². The van der Waals surface area contributed by atoms with Gasteiger partial charge in [0.2, 0.25) is 0 Å². The second-order valence-corrected chi connectivity index (χ2v) is 8.07. The molecule has 2 aliphatic rings. The molecule has 28 heavy (non-hydrogen) atoms. The lowest BCUT2D eigenvalue weighted by Crippen LogP contribution is -2.47. The Morgan fingerprint density at radius 3 is 2.96 bits per heavy atom. The van der Waals surface area contributed by atoms with Crippen molar-refractivity contribution in [2.75, 3.05) is 38.5 Å². The van der Waals surface area contributed by atoms with Crippen LogP contribution >= 0.6 is 11.6 Å². The molecule has 1 aromatic rings. The summed E-state index contributed by atoms with van der Waals surface area (Å²) < 4.78 is 5.59. The van der Waals surface area contributed by atoms with Crippen LogP contribution in [0.2, 0.25) is 5.02 Å². The van der Waals surface area contributed by atoms with E-state index in [1.165, 1.54) is 0 Å². The van der Waals surface area contributed by atoms with Crippen molar-refractivity contribution in [3.8, 4) is 5.75 Å². The summed E-state index contributed by atoms with van der Waals surface area (Å²) in [7, 11) is 0. The molecule has 154 valence electrons. The summed E-state index contributed by atoms with van der Waals surface area (Å²) in [5.74, 6) is 0.430. The van der Waals surface area contributed by atoms with E-state index < -0.39 is 6.10 Å². The van der Waals surface area contributed by atoms with Gasteiger partial charge in [-0.05, 0) is 38.9 Å². The van der Waals surface area contributed by atoms with Crippen molar-refractivity contribution in [3.63, 3.8) is 0 Å². The number of Topliss-reactive ketones (excluding diaryl/α,β-unsaturated/α-hetero) is 1. The number of likely N-dealkylation sites (tertiary alicyclic amines) is 1. The number of ether oxygens (including phenoxy) is 1. The average Bonchev–Trinajstić information content (AvgIpc) is 3.13. The molecule has 4 N–H and O–H groups in total. The summed E-state index contributed by atoms with van der Waals surface area (Å²) in [6, 6.07) is 1.55. The Labute approximate surface area is 170 Å². The number of benzene rings is 1. The number of nitrogens with one attached hydrogen (secondary N) is 1. The number of nitrogens with two attached hydrogens (primary N) is 1. The van der Waals surface area contributed by atoms with Crippen molar-refractivity contribution in [2.45, 2.75) is 38.7 Å². The third-order valence-electron chi connectivity index (χ3n) is 5.55. The van der Waals surface area contributed by atoms with Gasteiger partial charge in [0.25, 0.3) is 5.91 Å². The molecule has 2 atom stereocenters. The van der Waals surface area contributed by atoms with Crippen molar-refractivity contribution in [2.24, 2.45) is 5.92 Å². The number of anilines is 1. The van der Waals surface area contributed by atoms with Gasteiger partial charge in [0.15, 0.2) is 0 Å². The maximum atomic E-state index is 12.7. The van der Waals surface area contributed by atoms with Gasteiger partial charge in [0.1, 0.15) is 11.5 Å². The molecule has 0 aromatic heterocycles. The van der Waals surface area contributed by atoms with Crippen molar-refractivity contribution in [3.05, 3.63) is 22.2 Å². The van der Waals surface area contributed by atoms with E-state index >= 15 is 0 Å². The number of amides is 1. The maximum Gasteiger partial charge on any atom is 0.255 e. The van der Waals surface area contributed by atoms with Gasteiger partial charge >= 0.3 is 0 Å². The summed E-state index contributed by atoms with van der Waals surface area (Å²) >= 11 is 6.16. The minimum Gasteiger partial charge on any atom is -0.492 e. The number of ketones is 1. The van der Waals surface area contributed by atoms with Crippen LogP contribution in [0.3, 0.4) is 0 Å². The molecule has 7 nitrogen and oxygen atoms in total. The van der Waals surface area contributed by atoms with Gasteiger partial charge in [0, 0.05) is 37.4 Å². The third kappa shape index (κ3) is 4.77. The molecule has 0 radical (unpaired) electrons. The summed E-state index contributed by atoms with van der Waals surface area (Å²) in [6.45, 7) is 4.69. The number of aliphatic hydroxyl groups is 1. The van der Waals surface area contributed by atoms with Crippen LogP contribution in [0.25, 0.3) is 0 Å². The van der Waals surface area contributed by atoms with E-state index in [0.29, 0.717) is 54.6 Å². The predicted octanol–water partition coefficient (Wildman–Crippen LogP) is 1.64. The lowest BCUT2D eigenvalue weighted by Gasteiger charge is -2.36. The molecule has 1 aromatic carbocycles. The van der Waals surface area contributed by atoms with E-state index in [9.17, 15) is 14.7 Å². The third-order valence-corrected chi connectivity index (χ3v) is 5.86. The Hall–Kier alpha value is -1.83. The van der Waals surface area contributed by atoms with E-state index in [-0.39, 0.29) is 17.6 Å². The van der Waals surface area contributed by atoms with Crippen molar-refractivity contribution in [1.82, 2.24) is 10.2 Å². The fourth-order valence-electron chi connectivity index (χ4n) is 3.89. The number of halogens is 1. The van der Waals surface area contributed by atoms with Gasteiger partial charge < -0.3 is 30.6 Å². The lowest BCUT2D eigenvalue weighted by molar-refractivity contribution is -0.117. The van der Waals surface area contributed by atoms with Crippen molar-refractivity contribution in [1.29, 1.82) is 0 Å². The molecular weight excluding hydrogens is 382 g/mol. The number of hydrogen-bond acceptors (Lipinski definition) is 6. The van der Waals surface area contributed by atoms with Crippen molar-refractivity contribution >= 4 is 29.0 Å². The van der Waals surface area contributed by atoms with Gasteiger partial charge in [-0.25, -0.2) is 0 Å². The molecule has 0 aliphatic carbocycles. The van der Waals surface area contributed by atoms with Gasteiger partial charge in [-0.15, -0.1) is 0 Å². The molecule has 0 bridgehead atoms. The topological polar surface area (TPSA) is 105 Å². The minimum absolute atomic E-state index is 0.00812. The van der Waals surface area contributed by atoms with Crippen LogP contribution in [0.15, 0.2) is 6.07 Å². The quantitative estimate of drug-likeness (QED) is 0.591. The molecule has 1 saturated heterocycles. The summed E-state index contributed by atoms with van der Waals surface area (Å²) in [5.41, 5.74) is 7.63. The average molecular weight is 410 g/mol. The molecule has 2 heterocycles. The van der Waals surface area contributed by atoms with Crippen LogP contribution < -0.4 is 15.8 Å². The summed E-state index contributed by atoms with van der Waals surface area (Å²) in [5, 5.41) is 13.7. The zero-order chi connectivity index (χ0) is 20.3. The molecule has 0 unspecified atom stereocenters. The zero-order valence-electron chi connectivity index (χ0n) is 16.2. The number of carbonyl (C=O) groups excluding carboxylic acids is 2. The number of hydrogen-bond donors (Lipinski definition) is 3. The molecule has 1 amide bonds. The van der Waals surface area contributed by atoms with Gasteiger partial charge in [-0.2, -0.15) is 0 Å². The zero-order valence-corrected chi connectivity index (χ0v) is 16.9. The smallest absolute Gasteiger partial charge is 0.255 e. The van der Waals surface area contributed by atoms with Crippen LogP contribution in [0, 0.1) is 5.92 Å². The summed E-state index contributed by atoms with van der Waals surface area (Å²) in [6.07, 6.45) is 2.31. The number of β-amino-alcohol motifs (C(OH)–C–C–N with tert-alkyl or cyclic N) is 1. The number of nitrogens with zero attached hydrogens (tertiary/aromatic N) is 1. The van der Waals surface area contributed by atoms with Crippen LogP contribution in [-0.4, -0.2) is 60.6 Å². The SMILES string of the molecule is CC(=O)CCCN1CC[C@@H](CNC(=O)c2cc(Cl)c(N)c3c2OCC3)[C@H](O)C1. The van der Waals surface area contributed by atoms with Gasteiger partial charge in [-0.1, -0.05) is 11.6 Å². The molecule has 1 fully saturated rings. The van der Waals surface area contributed by atoms with Gasteiger partial charge in [0.05, 0.1) is 29.0 Å². The molecule has 2 aliphatic heterocycles. The van der Waals surface area contributed by atoms with E-state index in [4.69, 9.17) is 22.1 Å². The normalized spacial score (nSPS) is 21.8. The number of aliphatic hydroxyl groups excluding tert-OH is 1. The van der Waals surface area contributed by atoms with E-state index in [0.717, 1.165) is 31.5 Å². The van der Waals surface area contributed by atoms with Gasteiger partial charge in [-0.3, -0.25) is 4.79 Å². The Bertz CT molecular complexity index is 755. The summed E-state index contributed by atoms with van der Waals surface area (Å²) in [4.78, 5) is 25.9. The molecule has 0 spiro atoms. The largest absolute Gasteiger partial charge is 0.492 e. The monoisotopic (exact) mass is 409 g/mol. The number of rotatable bonds is 7. The highest BCUT2D eigenvalue weighted by Crippen LogP contribution is 2.38. The van der Waals surface area contributed by atoms with Crippen LogP contribution in [0.4, 0.5) is 5.69 Å². The highest BCUT2D eigenvalue weighted by molar-refractivity contribution is 6.33. The lowest BCUT2D eigenvalue weighted by atomic mass is 9.93. The van der Waals surface area contributed by atoms with Crippen LogP contribution in [0.1, 0.15) is 42.1 Å². The van der Waals surface area contributed by atoms with Crippen molar-refractivity contribution < 1.29 is 19.4 Å². The number of nitrogen functional groups attached to an aromatic ring is 1. The number of carbonyl (C=O) groups is 2. The molecule has 8 heteroatoms. The molecular formula is C20H28ClN3O4. The highest BCUT2D eigenvalue weighted by Gasteiger charge is 2.29. The van der Waals surface area contributed by atoms with Crippen LogP contribution in [-0.2, 0) is 11.2 Å². The maximum absolute atomic E-state index is 12.7. The van der Waals surface area contributed by atoms with E-state index in [1.54, 1.807) is 13.0 Å². The Kier molecular flexibility index (Phi) is 6.80. The molecule has 0 saturated carbocycles. The van der Waals surface area contributed by atoms with Crippen LogP contribution in [0.5, 0.6) is 5.75 Å². The molecule has 3 rings (SSSR count). The predicted molar refractivity (Wildman–Crippen MR) is 108 cm³/mol. The first-order valence-electron chi connectivity index (χ1n) is 9.78. The number of piperidine rings is 1.